The molecule has 4 heteroatoms. The van der Waals surface area contributed by atoms with Crippen molar-refractivity contribution < 1.29 is 9.13 Å². The molecular weight excluding hydrogens is 243 g/mol. The van der Waals surface area contributed by atoms with E-state index in [9.17, 15) is 4.39 Å². The van der Waals surface area contributed by atoms with Crippen LogP contribution < -0.4 is 10.5 Å². The molecule has 1 heterocycles. The second-order valence-electron chi connectivity index (χ2n) is 4.44. The molecule has 0 spiro atoms. The van der Waals surface area contributed by atoms with Gasteiger partial charge in [0.1, 0.15) is 0 Å². The standard InChI is InChI=1S/C15H17FN2O/c1-11(17)13-4-5-15(14(16)9-13)19-8-6-12-3-2-7-18-10-12/h2-5,7,9-11H,6,8,17H2,1H3/t11-/m0/s1. The van der Waals surface area contributed by atoms with Crippen LogP contribution in [-0.2, 0) is 6.42 Å². The van der Waals surface area contributed by atoms with Crippen molar-refractivity contribution >= 4 is 0 Å². The number of nitrogens with two attached hydrogens (primary N) is 1. The van der Waals surface area contributed by atoms with Crippen molar-refractivity contribution in [3.8, 4) is 5.75 Å². The number of hydrogen-bond donors (Lipinski definition) is 1. The zero-order valence-corrected chi connectivity index (χ0v) is 10.8. The third-order valence-electron chi connectivity index (χ3n) is 2.85. The summed E-state index contributed by atoms with van der Waals surface area (Å²) in [5.74, 6) is -0.116. The lowest BCUT2D eigenvalue weighted by Gasteiger charge is -2.10. The van der Waals surface area contributed by atoms with Crippen molar-refractivity contribution in [2.45, 2.75) is 19.4 Å². The average molecular weight is 260 g/mol. The lowest BCUT2D eigenvalue weighted by atomic mass is 10.1. The summed E-state index contributed by atoms with van der Waals surface area (Å²) in [6.45, 7) is 2.23. The maximum absolute atomic E-state index is 13.7. The molecule has 0 amide bonds. The number of aromatic nitrogens is 1. The molecule has 2 rings (SSSR count). The zero-order valence-electron chi connectivity index (χ0n) is 10.8. The van der Waals surface area contributed by atoms with Gasteiger partial charge in [-0.2, -0.15) is 0 Å². The van der Waals surface area contributed by atoms with E-state index in [-0.39, 0.29) is 17.6 Å². The van der Waals surface area contributed by atoms with E-state index in [1.165, 1.54) is 6.07 Å². The van der Waals surface area contributed by atoms with Crippen LogP contribution in [0.2, 0.25) is 0 Å². The summed E-state index contributed by atoms with van der Waals surface area (Å²) >= 11 is 0. The van der Waals surface area contributed by atoms with Crippen molar-refractivity contribution in [1.29, 1.82) is 0 Å². The zero-order chi connectivity index (χ0) is 13.7. The first-order chi connectivity index (χ1) is 9.16. The topological polar surface area (TPSA) is 48.1 Å². The first kappa shape index (κ1) is 13.5. The number of ether oxygens (including phenoxy) is 1. The highest BCUT2D eigenvalue weighted by Crippen LogP contribution is 2.21. The molecule has 0 bridgehead atoms. The van der Waals surface area contributed by atoms with E-state index in [0.29, 0.717) is 13.0 Å². The van der Waals surface area contributed by atoms with Crippen LogP contribution in [0.1, 0.15) is 24.1 Å². The van der Waals surface area contributed by atoms with Crippen LogP contribution in [-0.4, -0.2) is 11.6 Å². The van der Waals surface area contributed by atoms with Crippen molar-refractivity contribution in [2.24, 2.45) is 5.73 Å². The SMILES string of the molecule is C[C@H](N)c1ccc(OCCc2cccnc2)c(F)c1. The van der Waals surface area contributed by atoms with E-state index in [4.69, 9.17) is 10.5 Å². The molecule has 0 aliphatic rings. The highest BCUT2D eigenvalue weighted by Gasteiger charge is 2.07. The quantitative estimate of drug-likeness (QED) is 0.899. The highest BCUT2D eigenvalue weighted by molar-refractivity contribution is 5.30. The number of hydrogen-bond acceptors (Lipinski definition) is 3. The smallest absolute Gasteiger partial charge is 0.165 e. The molecule has 0 saturated heterocycles. The number of pyridine rings is 1. The molecule has 0 radical (unpaired) electrons. The molecule has 2 N–H and O–H groups in total. The largest absolute Gasteiger partial charge is 0.490 e. The summed E-state index contributed by atoms with van der Waals surface area (Å²) < 4.78 is 19.2. The fraction of sp³-hybridized carbons (Fsp3) is 0.267. The first-order valence-electron chi connectivity index (χ1n) is 6.23. The summed E-state index contributed by atoms with van der Waals surface area (Å²) in [7, 11) is 0. The molecule has 19 heavy (non-hydrogen) atoms. The number of nitrogens with zero attached hydrogens (tertiary/aromatic N) is 1. The summed E-state index contributed by atoms with van der Waals surface area (Å²) in [6.07, 6.45) is 4.19. The Morgan fingerprint density at radius 2 is 2.21 bits per heavy atom. The van der Waals surface area contributed by atoms with Crippen LogP contribution in [0.15, 0.2) is 42.7 Å². The molecule has 3 nitrogen and oxygen atoms in total. The van der Waals surface area contributed by atoms with Crippen molar-refractivity contribution in [2.75, 3.05) is 6.61 Å². The fourth-order valence-corrected chi connectivity index (χ4v) is 1.74. The minimum absolute atomic E-state index is 0.182. The Labute approximate surface area is 112 Å². The van der Waals surface area contributed by atoms with E-state index in [1.807, 2.05) is 19.1 Å². The predicted molar refractivity (Wildman–Crippen MR) is 72.4 cm³/mol. The molecule has 100 valence electrons. The van der Waals surface area contributed by atoms with Gasteiger partial charge < -0.3 is 10.5 Å². The Balaban J connectivity index is 1.93. The molecular formula is C15H17FN2O. The number of halogens is 1. The normalized spacial score (nSPS) is 12.2. The molecule has 2 aromatic rings. The Bertz CT molecular complexity index is 529. The Kier molecular flexibility index (Phi) is 4.47. The van der Waals surface area contributed by atoms with Gasteiger partial charge in [0, 0.05) is 24.9 Å². The summed E-state index contributed by atoms with van der Waals surface area (Å²) in [5.41, 5.74) is 7.52. The van der Waals surface area contributed by atoms with Gasteiger partial charge in [-0.05, 0) is 36.2 Å². The predicted octanol–water partition coefficient (Wildman–Crippen LogP) is 2.86. The Morgan fingerprint density at radius 3 is 2.84 bits per heavy atom. The second-order valence-corrected chi connectivity index (χ2v) is 4.44. The van der Waals surface area contributed by atoms with E-state index in [1.54, 1.807) is 24.5 Å². The first-order valence-corrected chi connectivity index (χ1v) is 6.23. The average Bonchev–Trinajstić information content (AvgIpc) is 2.41. The molecule has 0 fully saturated rings. The van der Waals surface area contributed by atoms with Crippen molar-refractivity contribution in [1.82, 2.24) is 4.98 Å². The minimum atomic E-state index is -0.374. The van der Waals surface area contributed by atoms with Crippen LogP contribution in [0, 0.1) is 5.82 Å². The van der Waals surface area contributed by atoms with Gasteiger partial charge in [0.15, 0.2) is 11.6 Å². The maximum atomic E-state index is 13.7. The minimum Gasteiger partial charge on any atom is -0.490 e. The van der Waals surface area contributed by atoms with E-state index in [0.717, 1.165) is 11.1 Å². The monoisotopic (exact) mass is 260 g/mol. The van der Waals surface area contributed by atoms with Gasteiger partial charge in [-0.3, -0.25) is 4.98 Å². The van der Waals surface area contributed by atoms with Gasteiger partial charge in [0.25, 0.3) is 0 Å². The highest BCUT2D eigenvalue weighted by atomic mass is 19.1. The summed E-state index contributed by atoms with van der Waals surface area (Å²) in [4.78, 5) is 4.02. The van der Waals surface area contributed by atoms with Gasteiger partial charge in [-0.25, -0.2) is 4.39 Å². The van der Waals surface area contributed by atoms with Crippen LogP contribution in [0.25, 0.3) is 0 Å². The molecule has 0 aliphatic heterocycles. The fourth-order valence-electron chi connectivity index (χ4n) is 1.74. The van der Waals surface area contributed by atoms with E-state index >= 15 is 0 Å². The summed E-state index contributed by atoms with van der Waals surface area (Å²) in [5, 5.41) is 0. The lowest BCUT2D eigenvalue weighted by Crippen LogP contribution is -2.07. The van der Waals surface area contributed by atoms with Crippen molar-refractivity contribution in [3.63, 3.8) is 0 Å². The molecule has 1 aromatic heterocycles. The third kappa shape index (κ3) is 3.76. The third-order valence-corrected chi connectivity index (χ3v) is 2.85. The molecule has 1 atom stereocenters. The number of benzene rings is 1. The maximum Gasteiger partial charge on any atom is 0.165 e. The molecule has 0 unspecified atom stereocenters. The lowest BCUT2D eigenvalue weighted by molar-refractivity contribution is 0.305. The Hall–Kier alpha value is -1.94. The second kappa shape index (κ2) is 6.29. The van der Waals surface area contributed by atoms with Gasteiger partial charge in [0.2, 0.25) is 0 Å². The van der Waals surface area contributed by atoms with Gasteiger partial charge in [-0.15, -0.1) is 0 Å². The van der Waals surface area contributed by atoms with Crippen LogP contribution in [0.3, 0.4) is 0 Å². The van der Waals surface area contributed by atoms with Gasteiger partial charge in [0.05, 0.1) is 6.61 Å². The number of rotatable bonds is 5. The van der Waals surface area contributed by atoms with Gasteiger partial charge in [-0.1, -0.05) is 12.1 Å². The van der Waals surface area contributed by atoms with Crippen LogP contribution in [0.4, 0.5) is 4.39 Å². The van der Waals surface area contributed by atoms with E-state index < -0.39 is 0 Å². The summed E-state index contributed by atoms with van der Waals surface area (Å²) in [6, 6.07) is 8.48. The van der Waals surface area contributed by atoms with Crippen LogP contribution in [0.5, 0.6) is 5.75 Å². The molecule has 1 aromatic carbocycles. The Morgan fingerprint density at radius 1 is 1.37 bits per heavy atom. The molecule has 0 saturated carbocycles. The van der Waals surface area contributed by atoms with Crippen molar-refractivity contribution in [3.05, 3.63) is 59.7 Å². The van der Waals surface area contributed by atoms with Crippen LogP contribution >= 0.6 is 0 Å². The molecule has 0 aliphatic carbocycles. The van der Waals surface area contributed by atoms with Gasteiger partial charge >= 0.3 is 0 Å². The van der Waals surface area contributed by atoms with E-state index in [2.05, 4.69) is 4.98 Å².